The molecule has 0 saturated heterocycles. The van der Waals surface area contributed by atoms with Crippen LogP contribution in [0.15, 0.2) is 33.8 Å². The van der Waals surface area contributed by atoms with Crippen molar-refractivity contribution in [1.82, 2.24) is 10.4 Å². The van der Waals surface area contributed by atoms with Crippen LogP contribution in [0.3, 0.4) is 0 Å². The number of pyridine rings is 1. The SMILES string of the molecule is COCc1c(Br)c(C)nc(OCC(=O)N/N=C\c2ccc(C)cc2)c1C#N. The lowest BCUT2D eigenvalue weighted by Crippen LogP contribution is -2.25. The normalized spacial score (nSPS) is 10.6. The molecule has 1 aromatic carbocycles. The van der Waals surface area contributed by atoms with Gasteiger partial charge in [0.05, 0.1) is 18.5 Å². The fourth-order valence-electron chi connectivity index (χ4n) is 2.21. The number of rotatable bonds is 7. The highest BCUT2D eigenvalue weighted by Crippen LogP contribution is 2.29. The van der Waals surface area contributed by atoms with Crippen molar-refractivity contribution in [1.29, 1.82) is 5.26 Å². The van der Waals surface area contributed by atoms with Gasteiger partial charge in [-0.15, -0.1) is 0 Å². The zero-order valence-electron chi connectivity index (χ0n) is 15.2. The number of ether oxygens (including phenoxy) is 2. The molecule has 0 saturated carbocycles. The Kier molecular flexibility index (Phi) is 7.46. The molecule has 7 nitrogen and oxygen atoms in total. The molecule has 2 rings (SSSR count). The zero-order valence-corrected chi connectivity index (χ0v) is 16.8. The standard InChI is InChI=1S/C19H19BrN4O3/c1-12-4-6-14(7-5-12)9-22-24-17(25)11-27-19-15(8-21)16(10-26-3)18(20)13(2)23-19/h4-7,9H,10-11H2,1-3H3,(H,24,25)/b22-9-. The number of amides is 1. The Morgan fingerprint density at radius 3 is 2.70 bits per heavy atom. The summed E-state index contributed by atoms with van der Waals surface area (Å²) in [7, 11) is 1.53. The van der Waals surface area contributed by atoms with Gasteiger partial charge in [-0.2, -0.15) is 10.4 Å². The quantitative estimate of drug-likeness (QED) is 0.537. The molecule has 8 heteroatoms. The molecule has 140 valence electrons. The second-order valence-electron chi connectivity index (χ2n) is 5.71. The fourth-order valence-corrected chi connectivity index (χ4v) is 2.61. The molecule has 27 heavy (non-hydrogen) atoms. The summed E-state index contributed by atoms with van der Waals surface area (Å²) in [5.41, 5.74) is 5.87. The lowest BCUT2D eigenvalue weighted by atomic mass is 10.1. The van der Waals surface area contributed by atoms with E-state index in [0.717, 1.165) is 11.1 Å². The van der Waals surface area contributed by atoms with Crippen LogP contribution in [0.2, 0.25) is 0 Å². The number of nitrogens with zero attached hydrogens (tertiary/aromatic N) is 3. The van der Waals surface area contributed by atoms with E-state index in [1.807, 2.05) is 31.2 Å². The summed E-state index contributed by atoms with van der Waals surface area (Å²) in [4.78, 5) is 16.2. The van der Waals surface area contributed by atoms with Gasteiger partial charge < -0.3 is 9.47 Å². The largest absolute Gasteiger partial charge is 0.467 e. The van der Waals surface area contributed by atoms with Gasteiger partial charge in [-0.1, -0.05) is 29.8 Å². The first-order valence-corrected chi connectivity index (χ1v) is 8.85. The first kappa shape index (κ1) is 20.6. The number of aromatic nitrogens is 1. The Hall–Kier alpha value is -2.76. The van der Waals surface area contributed by atoms with Crippen LogP contribution < -0.4 is 10.2 Å². The first-order valence-electron chi connectivity index (χ1n) is 8.05. The number of methoxy groups -OCH3 is 1. The third-order valence-corrected chi connectivity index (χ3v) is 4.64. The van der Waals surface area contributed by atoms with Gasteiger partial charge in [-0.3, -0.25) is 4.79 Å². The molecular weight excluding hydrogens is 412 g/mol. The Balaban J connectivity index is 2.02. The summed E-state index contributed by atoms with van der Waals surface area (Å²) >= 11 is 3.40. The van der Waals surface area contributed by atoms with E-state index in [-0.39, 0.29) is 24.7 Å². The number of hydrogen-bond donors (Lipinski definition) is 1. The Bertz CT molecular complexity index is 889. The van der Waals surface area contributed by atoms with Gasteiger partial charge in [0, 0.05) is 17.1 Å². The predicted octanol–water partition coefficient (Wildman–Crippen LogP) is 3.01. The minimum absolute atomic E-state index is 0.0860. The second-order valence-corrected chi connectivity index (χ2v) is 6.50. The summed E-state index contributed by atoms with van der Waals surface area (Å²) < 4.78 is 11.2. The van der Waals surface area contributed by atoms with E-state index in [1.54, 1.807) is 6.92 Å². The van der Waals surface area contributed by atoms with Crippen molar-refractivity contribution >= 4 is 28.1 Å². The van der Waals surface area contributed by atoms with Gasteiger partial charge in [0.1, 0.15) is 11.6 Å². The number of aryl methyl sites for hydroxylation is 2. The van der Waals surface area contributed by atoms with Crippen LogP contribution in [0.1, 0.15) is 27.9 Å². The van der Waals surface area contributed by atoms with Crippen LogP contribution in [0.25, 0.3) is 0 Å². The van der Waals surface area contributed by atoms with Crippen molar-refractivity contribution in [2.24, 2.45) is 5.10 Å². The fraction of sp³-hybridized carbons (Fsp3) is 0.263. The number of carbonyl (C=O) groups excluding carboxylic acids is 1. The lowest BCUT2D eigenvalue weighted by molar-refractivity contribution is -0.123. The highest BCUT2D eigenvalue weighted by molar-refractivity contribution is 9.10. The van der Waals surface area contributed by atoms with Crippen molar-refractivity contribution in [3.05, 3.63) is 56.7 Å². The zero-order chi connectivity index (χ0) is 19.8. The van der Waals surface area contributed by atoms with Crippen LogP contribution in [0.5, 0.6) is 5.88 Å². The number of nitrogens with one attached hydrogen (secondary N) is 1. The van der Waals surface area contributed by atoms with E-state index in [9.17, 15) is 10.1 Å². The predicted molar refractivity (Wildman–Crippen MR) is 105 cm³/mol. The number of nitriles is 1. The van der Waals surface area contributed by atoms with Crippen LogP contribution in [0.4, 0.5) is 0 Å². The summed E-state index contributed by atoms with van der Waals surface area (Å²) in [5.74, 6) is -0.374. The Morgan fingerprint density at radius 2 is 2.07 bits per heavy atom. The third kappa shape index (κ3) is 5.61. The Labute approximate surface area is 166 Å². The van der Waals surface area contributed by atoms with Crippen molar-refractivity contribution in [3.8, 4) is 11.9 Å². The first-order chi connectivity index (χ1) is 13.0. The molecule has 0 aliphatic heterocycles. The number of hydrogen-bond acceptors (Lipinski definition) is 6. The maximum Gasteiger partial charge on any atom is 0.278 e. The maximum atomic E-state index is 11.9. The summed E-state index contributed by atoms with van der Waals surface area (Å²) in [5, 5.41) is 13.3. The Morgan fingerprint density at radius 1 is 1.37 bits per heavy atom. The molecule has 0 aliphatic rings. The molecule has 1 aromatic heterocycles. The molecule has 0 radical (unpaired) electrons. The van der Waals surface area contributed by atoms with Crippen molar-refractivity contribution in [2.45, 2.75) is 20.5 Å². The van der Waals surface area contributed by atoms with Crippen LogP contribution >= 0.6 is 15.9 Å². The number of carbonyl (C=O) groups is 1. The van der Waals surface area contributed by atoms with Crippen LogP contribution in [0, 0.1) is 25.2 Å². The highest BCUT2D eigenvalue weighted by Gasteiger charge is 2.18. The molecule has 0 fully saturated rings. The topological polar surface area (TPSA) is 96.6 Å². The van der Waals surface area contributed by atoms with E-state index >= 15 is 0 Å². The van der Waals surface area contributed by atoms with Crippen molar-refractivity contribution in [2.75, 3.05) is 13.7 Å². The summed E-state index contributed by atoms with van der Waals surface area (Å²) in [6.45, 7) is 3.66. The molecular formula is C19H19BrN4O3. The van der Waals surface area contributed by atoms with Gasteiger partial charge in [0.15, 0.2) is 6.61 Å². The highest BCUT2D eigenvalue weighted by atomic mass is 79.9. The van der Waals surface area contributed by atoms with Gasteiger partial charge >= 0.3 is 0 Å². The molecule has 0 atom stereocenters. The maximum absolute atomic E-state index is 11.9. The molecule has 0 spiro atoms. The van der Waals surface area contributed by atoms with Crippen molar-refractivity contribution in [3.63, 3.8) is 0 Å². The van der Waals surface area contributed by atoms with Gasteiger partial charge in [0.25, 0.3) is 5.91 Å². The third-order valence-electron chi connectivity index (χ3n) is 3.59. The smallest absolute Gasteiger partial charge is 0.278 e. The van der Waals surface area contributed by atoms with E-state index in [0.29, 0.717) is 15.7 Å². The minimum Gasteiger partial charge on any atom is -0.467 e. The van der Waals surface area contributed by atoms with E-state index in [4.69, 9.17) is 9.47 Å². The average Bonchev–Trinajstić information content (AvgIpc) is 2.65. The molecule has 2 aromatic rings. The van der Waals surface area contributed by atoms with Crippen molar-refractivity contribution < 1.29 is 14.3 Å². The summed E-state index contributed by atoms with van der Waals surface area (Å²) in [6.07, 6.45) is 1.54. The molecule has 1 N–H and O–H groups in total. The monoisotopic (exact) mass is 430 g/mol. The molecule has 1 amide bonds. The van der Waals surface area contributed by atoms with E-state index < -0.39 is 5.91 Å². The molecule has 0 unspecified atom stereocenters. The average molecular weight is 431 g/mol. The molecule has 0 bridgehead atoms. The van der Waals surface area contributed by atoms with Crippen LogP contribution in [-0.2, 0) is 16.1 Å². The molecule has 0 aliphatic carbocycles. The van der Waals surface area contributed by atoms with E-state index in [1.165, 1.54) is 13.3 Å². The second kappa shape index (κ2) is 9.80. The minimum atomic E-state index is -0.460. The lowest BCUT2D eigenvalue weighted by Gasteiger charge is -2.13. The van der Waals surface area contributed by atoms with Gasteiger partial charge in [-0.25, -0.2) is 10.4 Å². The van der Waals surface area contributed by atoms with Crippen LogP contribution in [-0.4, -0.2) is 30.8 Å². The number of benzene rings is 1. The number of hydrazone groups is 1. The van der Waals surface area contributed by atoms with Gasteiger partial charge in [-0.05, 0) is 35.3 Å². The molecule has 1 heterocycles. The number of halogens is 1. The summed E-state index contributed by atoms with van der Waals surface area (Å²) in [6, 6.07) is 9.75. The van der Waals surface area contributed by atoms with Gasteiger partial charge in [0.2, 0.25) is 5.88 Å². The van der Waals surface area contributed by atoms with E-state index in [2.05, 4.69) is 37.5 Å².